The molecular weight excluding hydrogens is 272 g/mol. The van der Waals surface area contributed by atoms with Gasteiger partial charge in [0.25, 0.3) is 0 Å². The zero-order valence-electron chi connectivity index (χ0n) is 11.4. The minimum Gasteiger partial charge on any atom is -0.408 e. The number of nitrogens with two attached hydrogens (primary N) is 1. The minimum absolute atomic E-state index is 0.302. The van der Waals surface area contributed by atoms with Gasteiger partial charge in [-0.05, 0) is 18.6 Å². The van der Waals surface area contributed by atoms with E-state index >= 15 is 0 Å². The van der Waals surface area contributed by atoms with Crippen molar-refractivity contribution in [1.82, 2.24) is 15.1 Å². The van der Waals surface area contributed by atoms with Gasteiger partial charge in [0.05, 0.1) is 11.2 Å². The molecule has 0 saturated heterocycles. The van der Waals surface area contributed by atoms with Crippen LogP contribution in [0, 0.1) is 0 Å². The molecule has 1 aromatic carbocycles. The molecule has 108 valence electrons. The first-order valence-electron chi connectivity index (χ1n) is 6.59. The summed E-state index contributed by atoms with van der Waals surface area (Å²) in [7, 11) is 0. The van der Waals surface area contributed by atoms with Gasteiger partial charge in [0.15, 0.2) is 11.6 Å². The quantitative estimate of drug-likeness (QED) is 0.766. The van der Waals surface area contributed by atoms with Gasteiger partial charge in [-0.25, -0.2) is 9.78 Å². The molecule has 7 nitrogen and oxygen atoms in total. The van der Waals surface area contributed by atoms with Crippen LogP contribution < -0.4 is 10.5 Å². The smallest absolute Gasteiger partial charge is 0.408 e. The molecule has 0 aliphatic carbocycles. The van der Waals surface area contributed by atoms with Gasteiger partial charge in [-0.1, -0.05) is 24.6 Å². The maximum Gasteiger partial charge on any atom is 0.410 e. The highest BCUT2D eigenvalue weighted by atomic mass is 16.5. The second-order valence-corrected chi connectivity index (χ2v) is 4.59. The first-order chi connectivity index (χ1) is 10.2. The predicted octanol–water partition coefficient (Wildman–Crippen LogP) is 2.63. The largest absolute Gasteiger partial charge is 0.410 e. The Balaban J connectivity index is 2.01. The lowest BCUT2D eigenvalue weighted by Gasteiger charge is -1.99. The fourth-order valence-electron chi connectivity index (χ4n) is 2.11. The van der Waals surface area contributed by atoms with Crippen molar-refractivity contribution in [3.63, 3.8) is 0 Å². The van der Waals surface area contributed by atoms with Crippen LogP contribution in [-0.2, 0) is 6.42 Å². The molecule has 7 heteroatoms. The molecule has 0 atom stereocenters. The number of H-pyrrole nitrogens is 1. The number of rotatable bonds is 4. The van der Waals surface area contributed by atoms with Crippen LogP contribution in [0.3, 0.4) is 0 Å². The summed E-state index contributed by atoms with van der Waals surface area (Å²) in [6.07, 6.45) is 0.958. The van der Waals surface area contributed by atoms with Crippen LogP contribution in [0.5, 0.6) is 5.75 Å². The Labute approximate surface area is 120 Å². The molecule has 3 aromatic rings. The molecule has 2 heterocycles. The monoisotopic (exact) mass is 286 g/mol. The van der Waals surface area contributed by atoms with Crippen LogP contribution in [0.25, 0.3) is 22.6 Å². The summed E-state index contributed by atoms with van der Waals surface area (Å²) in [6.45, 7) is 2.07. The van der Waals surface area contributed by atoms with Crippen molar-refractivity contribution in [2.45, 2.75) is 19.8 Å². The zero-order chi connectivity index (χ0) is 14.8. The molecule has 0 bridgehead atoms. The van der Waals surface area contributed by atoms with Crippen LogP contribution in [0.15, 0.2) is 28.8 Å². The van der Waals surface area contributed by atoms with Crippen molar-refractivity contribution in [2.24, 2.45) is 5.73 Å². The second-order valence-electron chi connectivity index (χ2n) is 4.59. The number of fused-ring (bicyclic) bond motifs is 1. The number of ether oxygens (including phenoxy) is 1. The van der Waals surface area contributed by atoms with Crippen LogP contribution in [0.2, 0.25) is 0 Å². The van der Waals surface area contributed by atoms with E-state index in [4.69, 9.17) is 15.0 Å². The molecule has 2 aromatic heterocycles. The standard InChI is InChI=1S/C14H14N4O3/c1-2-4-8-7-11(21-18-8)13-16-9-5-3-6-10(12(9)17-13)20-14(15)19/h3,5-7H,2,4H2,1H3,(H2,15,19)(H,16,17). The number of aryl methyl sites for hydroxylation is 1. The Morgan fingerprint density at radius 3 is 3.10 bits per heavy atom. The lowest BCUT2D eigenvalue weighted by Crippen LogP contribution is -2.16. The maximum atomic E-state index is 10.9. The molecule has 3 rings (SSSR count). The summed E-state index contributed by atoms with van der Waals surface area (Å²) in [5, 5.41) is 3.98. The number of benzene rings is 1. The van der Waals surface area contributed by atoms with Gasteiger partial charge in [-0.3, -0.25) is 0 Å². The number of hydrogen-bond donors (Lipinski definition) is 2. The molecule has 0 unspecified atom stereocenters. The Morgan fingerprint density at radius 1 is 1.48 bits per heavy atom. The highest BCUT2D eigenvalue weighted by Crippen LogP contribution is 2.27. The van der Waals surface area contributed by atoms with E-state index in [0.717, 1.165) is 24.1 Å². The summed E-state index contributed by atoms with van der Waals surface area (Å²) in [6, 6.07) is 7.03. The first kappa shape index (κ1) is 13.2. The van der Waals surface area contributed by atoms with E-state index in [1.165, 1.54) is 0 Å². The minimum atomic E-state index is -0.878. The van der Waals surface area contributed by atoms with Crippen molar-refractivity contribution in [3.05, 3.63) is 30.0 Å². The lowest BCUT2D eigenvalue weighted by atomic mass is 10.2. The molecular formula is C14H14N4O3. The van der Waals surface area contributed by atoms with Crippen molar-refractivity contribution >= 4 is 17.1 Å². The van der Waals surface area contributed by atoms with E-state index in [-0.39, 0.29) is 0 Å². The topological polar surface area (TPSA) is 107 Å². The highest BCUT2D eigenvalue weighted by molar-refractivity contribution is 5.86. The van der Waals surface area contributed by atoms with Crippen molar-refractivity contribution in [1.29, 1.82) is 0 Å². The maximum absolute atomic E-state index is 10.9. The Morgan fingerprint density at radius 2 is 2.33 bits per heavy atom. The van der Waals surface area contributed by atoms with Gasteiger partial charge in [-0.2, -0.15) is 0 Å². The highest BCUT2D eigenvalue weighted by Gasteiger charge is 2.14. The number of carbonyl (C=O) groups excluding carboxylic acids is 1. The number of carbonyl (C=O) groups is 1. The van der Waals surface area contributed by atoms with E-state index in [0.29, 0.717) is 22.9 Å². The third-order valence-corrected chi connectivity index (χ3v) is 2.98. The number of aromatic amines is 1. The molecule has 0 fully saturated rings. The number of aromatic nitrogens is 3. The molecule has 0 aliphatic rings. The van der Waals surface area contributed by atoms with Gasteiger partial charge in [0, 0.05) is 6.07 Å². The van der Waals surface area contributed by atoms with Crippen molar-refractivity contribution in [2.75, 3.05) is 0 Å². The number of imidazole rings is 1. The number of para-hydroxylation sites is 1. The van der Waals surface area contributed by atoms with E-state index in [1.807, 2.05) is 12.1 Å². The van der Waals surface area contributed by atoms with Gasteiger partial charge < -0.3 is 20.0 Å². The fraction of sp³-hybridized carbons (Fsp3) is 0.214. The third-order valence-electron chi connectivity index (χ3n) is 2.98. The first-order valence-corrected chi connectivity index (χ1v) is 6.59. The zero-order valence-corrected chi connectivity index (χ0v) is 11.4. The third kappa shape index (κ3) is 2.58. The summed E-state index contributed by atoms with van der Waals surface area (Å²) in [4.78, 5) is 18.4. The molecule has 0 radical (unpaired) electrons. The molecule has 0 saturated carbocycles. The summed E-state index contributed by atoms with van der Waals surface area (Å²) in [5.74, 6) is 1.37. The van der Waals surface area contributed by atoms with Crippen molar-refractivity contribution in [3.8, 4) is 17.3 Å². The molecule has 3 N–H and O–H groups in total. The number of nitrogens with zero attached hydrogens (tertiary/aromatic N) is 2. The van der Waals surface area contributed by atoms with Gasteiger partial charge in [0.1, 0.15) is 5.52 Å². The lowest BCUT2D eigenvalue weighted by molar-refractivity contribution is 0.211. The number of amides is 1. The van der Waals surface area contributed by atoms with Crippen LogP contribution >= 0.6 is 0 Å². The van der Waals surface area contributed by atoms with E-state index in [9.17, 15) is 4.79 Å². The summed E-state index contributed by atoms with van der Waals surface area (Å²) >= 11 is 0. The Kier molecular flexibility index (Phi) is 3.31. The predicted molar refractivity (Wildman–Crippen MR) is 75.8 cm³/mol. The number of primary amides is 1. The number of hydrogen-bond acceptors (Lipinski definition) is 5. The molecule has 1 amide bonds. The molecule has 0 spiro atoms. The molecule has 21 heavy (non-hydrogen) atoms. The van der Waals surface area contributed by atoms with E-state index < -0.39 is 6.09 Å². The average molecular weight is 286 g/mol. The second kappa shape index (κ2) is 5.28. The fourth-order valence-corrected chi connectivity index (χ4v) is 2.11. The molecule has 0 aliphatic heterocycles. The van der Waals surface area contributed by atoms with Crippen LogP contribution in [0.4, 0.5) is 4.79 Å². The van der Waals surface area contributed by atoms with E-state index in [1.54, 1.807) is 12.1 Å². The van der Waals surface area contributed by atoms with Gasteiger partial charge >= 0.3 is 6.09 Å². The number of nitrogens with one attached hydrogen (secondary N) is 1. The summed E-state index contributed by atoms with van der Waals surface area (Å²) < 4.78 is 10.2. The van der Waals surface area contributed by atoms with Crippen LogP contribution in [-0.4, -0.2) is 21.2 Å². The van der Waals surface area contributed by atoms with Gasteiger partial charge in [-0.15, -0.1) is 0 Å². The normalized spacial score (nSPS) is 10.9. The van der Waals surface area contributed by atoms with Crippen LogP contribution in [0.1, 0.15) is 19.0 Å². The Hall–Kier alpha value is -2.83. The van der Waals surface area contributed by atoms with Gasteiger partial charge in [0.2, 0.25) is 5.76 Å². The summed E-state index contributed by atoms with van der Waals surface area (Å²) in [5.41, 5.74) is 7.15. The van der Waals surface area contributed by atoms with E-state index in [2.05, 4.69) is 22.0 Å². The SMILES string of the molecule is CCCc1cc(-c2nc3c(OC(N)=O)cccc3[nH]2)on1. The van der Waals surface area contributed by atoms with Crippen molar-refractivity contribution < 1.29 is 14.1 Å². The average Bonchev–Trinajstić information content (AvgIpc) is 3.05. The Bertz CT molecular complexity index is 790.